The molecular weight excluding hydrogens is 350 g/mol. The average Bonchev–Trinajstić information content (AvgIpc) is 3.41. The van der Waals surface area contributed by atoms with Gasteiger partial charge in [-0.15, -0.1) is 0 Å². The molecule has 0 radical (unpaired) electrons. The lowest BCUT2D eigenvalue weighted by Crippen LogP contribution is -2.39. The SMILES string of the molecule is CCC(=O)N1CCC2(CC1)C[C@H]2c1ccc(-c2ccc(C(=O)O)cc2C)cc1. The van der Waals surface area contributed by atoms with Gasteiger partial charge in [0.05, 0.1) is 5.56 Å². The van der Waals surface area contributed by atoms with Crippen molar-refractivity contribution in [3.8, 4) is 11.1 Å². The maximum Gasteiger partial charge on any atom is 0.335 e. The summed E-state index contributed by atoms with van der Waals surface area (Å²) < 4.78 is 0. The Labute approximate surface area is 166 Å². The number of carbonyl (C=O) groups is 2. The van der Waals surface area contributed by atoms with Gasteiger partial charge in [-0.05, 0) is 71.9 Å². The normalized spacial score (nSPS) is 20.2. The number of carboxylic acids is 1. The van der Waals surface area contributed by atoms with Gasteiger partial charge in [0.15, 0.2) is 0 Å². The Kier molecular flexibility index (Phi) is 4.74. The van der Waals surface area contributed by atoms with E-state index in [4.69, 9.17) is 5.11 Å². The van der Waals surface area contributed by atoms with Crippen molar-refractivity contribution in [3.05, 3.63) is 59.2 Å². The van der Waals surface area contributed by atoms with Gasteiger partial charge < -0.3 is 10.0 Å². The summed E-state index contributed by atoms with van der Waals surface area (Å²) in [7, 11) is 0. The molecule has 1 saturated carbocycles. The minimum atomic E-state index is -0.893. The molecule has 1 saturated heterocycles. The second-order valence-corrected chi connectivity index (χ2v) is 8.31. The zero-order valence-corrected chi connectivity index (χ0v) is 16.6. The van der Waals surface area contributed by atoms with Gasteiger partial charge in [0.2, 0.25) is 5.91 Å². The summed E-state index contributed by atoms with van der Waals surface area (Å²) in [6.45, 7) is 5.69. The van der Waals surface area contributed by atoms with Crippen LogP contribution in [-0.4, -0.2) is 35.0 Å². The van der Waals surface area contributed by atoms with Crippen molar-refractivity contribution in [1.82, 2.24) is 4.90 Å². The number of carbonyl (C=O) groups excluding carboxylic acids is 1. The molecule has 2 aliphatic rings. The van der Waals surface area contributed by atoms with Crippen LogP contribution < -0.4 is 0 Å². The minimum absolute atomic E-state index is 0.278. The fraction of sp³-hybridized carbons (Fsp3) is 0.417. The third-order valence-electron chi connectivity index (χ3n) is 6.70. The Bertz CT molecular complexity index is 908. The number of hydrogen-bond donors (Lipinski definition) is 1. The lowest BCUT2D eigenvalue weighted by atomic mass is 9.88. The number of amides is 1. The first kappa shape index (κ1) is 18.7. The van der Waals surface area contributed by atoms with E-state index in [1.54, 1.807) is 12.1 Å². The molecule has 1 amide bonds. The van der Waals surface area contributed by atoms with Crippen LogP contribution in [-0.2, 0) is 4.79 Å². The molecule has 1 spiro atoms. The van der Waals surface area contributed by atoms with Gasteiger partial charge in [-0.25, -0.2) is 4.79 Å². The van der Waals surface area contributed by atoms with Gasteiger partial charge in [0.1, 0.15) is 0 Å². The topological polar surface area (TPSA) is 57.6 Å². The number of aromatic carboxylic acids is 1. The molecule has 4 heteroatoms. The van der Waals surface area contributed by atoms with E-state index in [1.165, 1.54) is 12.0 Å². The molecule has 1 atom stereocenters. The Morgan fingerprint density at radius 1 is 1.11 bits per heavy atom. The zero-order valence-electron chi connectivity index (χ0n) is 16.6. The van der Waals surface area contributed by atoms with Crippen molar-refractivity contribution in [2.24, 2.45) is 5.41 Å². The summed E-state index contributed by atoms with van der Waals surface area (Å²) in [5.74, 6) is -0.00712. The highest BCUT2D eigenvalue weighted by Gasteiger charge is 2.55. The van der Waals surface area contributed by atoms with Crippen LogP contribution >= 0.6 is 0 Å². The first-order chi connectivity index (χ1) is 13.4. The third kappa shape index (κ3) is 3.32. The number of hydrogen-bond acceptors (Lipinski definition) is 2. The molecule has 1 heterocycles. The second kappa shape index (κ2) is 7.08. The van der Waals surface area contributed by atoms with Crippen molar-refractivity contribution < 1.29 is 14.7 Å². The highest BCUT2D eigenvalue weighted by molar-refractivity contribution is 5.89. The van der Waals surface area contributed by atoms with E-state index in [1.807, 2.05) is 24.8 Å². The number of aryl methyl sites for hydroxylation is 1. The first-order valence-corrected chi connectivity index (χ1v) is 10.2. The Balaban J connectivity index is 1.45. The largest absolute Gasteiger partial charge is 0.478 e. The van der Waals surface area contributed by atoms with Crippen LogP contribution in [0.1, 0.15) is 60.0 Å². The zero-order chi connectivity index (χ0) is 19.9. The Morgan fingerprint density at radius 3 is 2.36 bits per heavy atom. The molecule has 28 heavy (non-hydrogen) atoms. The predicted octanol–water partition coefficient (Wildman–Crippen LogP) is 4.87. The number of rotatable bonds is 4. The molecule has 2 aromatic carbocycles. The number of carboxylic acid groups (broad SMARTS) is 1. The van der Waals surface area contributed by atoms with Gasteiger partial charge >= 0.3 is 5.97 Å². The molecule has 0 unspecified atom stereocenters. The summed E-state index contributed by atoms with van der Waals surface area (Å²) in [5, 5.41) is 9.14. The van der Waals surface area contributed by atoms with Gasteiger partial charge in [0, 0.05) is 19.5 Å². The number of piperidine rings is 1. The highest BCUT2D eigenvalue weighted by Crippen LogP contribution is 2.64. The molecule has 0 aromatic heterocycles. The van der Waals surface area contributed by atoms with Crippen LogP contribution in [0.4, 0.5) is 0 Å². The Morgan fingerprint density at radius 2 is 1.79 bits per heavy atom. The minimum Gasteiger partial charge on any atom is -0.478 e. The first-order valence-electron chi connectivity index (χ1n) is 10.2. The summed E-state index contributed by atoms with van der Waals surface area (Å²) in [6, 6.07) is 14.0. The standard InChI is InChI=1S/C24H27NO3/c1-3-22(26)25-12-10-24(11-13-25)15-21(24)18-6-4-17(5-7-18)20-9-8-19(23(27)28)14-16(20)2/h4-9,14,21H,3,10-13,15H2,1-2H3,(H,27,28)/t21-/m0/s1. The van der Waals surface area contributed by atoms with Crippen LogP contribution in [0.2, 0.25) is 0 Å². The van der Waals surface area contributed by atoms with Crippen LogP contribution in [0.25, 0.3) is 11.1 Å². The molecule has 0 bridgehead atoms. The van der Waals surface area contributed by atoms with Crippen LogP contribution in [0.3, 0.4) is 0 Å². The number of benzene rings is 2. The van der Waals surface area contributed by atoms with E-state index < -0.39 is 5.97 Å². The Hall–Kier alpha value is -2.62. The molecular formula is C24H27NO3. The van der Waals surface area contributed by atoms with Crippen molar-refractivity contribution in [2.75, 3.05) is 13.1 Å². The molecule has 4 nitrogen and oxygen atoms in total. The van der Waals surface area contributed by atoms with E-state index in [0.29, 0.717) is 23.3 Å². The van der Waals surface area contributed by atoms with Crippen LogP contribution in [0.5, 0.6) is 0 Å². The van der Waals surface area contributed by atoms with Crippen LogP contribution in [0, 0.1) is 12.3 Å². The molecule has 1 aliphatic heterocycles. The predicted molar refractivity (Wildman–Crippen MR) is 109 cm³/mol. The monoisotopic (exact) mass is 377 g/mol. The quantitative estimate of drug-likeness (QED) is 0.827. The van der Waals surface area contributed by atoms with Gasteiger partial charge in [-0.2, -0.15) is 0 Å². The lowest BCUT2D eigenvalue weighted by molar-refractivity contribution is -0.132. The maximum absolute atomic E-state index is 11.9. The third-order valence-corrected chi connectivity index (χ3v) is 6.70. The fourth-order valence-electron chi connectivity index (χ4n) is 4.81. The van der Waals surface area contributed by atoms with E-state index in [-0.39, 0.29) is 5.91 Å². The van der Waals surface area contributed by atoms with Crippen molar-refractivity contribution >= 4 is 11.9 Å². The van der Waals surface area contributed by atoms with E-state index in [2.05, 4.69) is 24.3 Å². The summed E-state index contributed by atoms with van der Waals surface area (Å²) in [4.78, 5) is 25.1. The van der Waals surface area contributed by atoms with E-state index in [9.17, 15) is 9.59 Å². The maximum atomic E-state index is 11.9. The lowest BCUT2D eigenvalue weighted by Gasteiger charge is -2.33. The van der Waals surface area contributed by atoms with Gasteiger partial charge in [0.25, 0.3) is 0 Å². The number of likely N-dealkylation sites (tertiary alicyclic amines) is 1. The summed E-state index contributed by atoms with van der Waals surface area (Å²) in [6.07, 6.45) is 4.05. The molecule has 1 aliphatic carbocycles. The van der Waals surface area contributed by atoms with Crippen molar-refractivity contribution in [1.29, 1.82) is 0 Å². The molecule has 2 aromatic rings. The molecule has 4 rings (SSSR count). The van der Waals surface area contributed by atoms with Gasteiger partial charge in [-0.1, -0.05) is 37.3 Å². The van der Waals surface area contributed by atoms with Crippen molar-refractivity contribution in [2.45, 2.75) is 45.4 Å². The van der Waals surface area contributed by atoms with E-state index >= 15 is 0 Å². The summed E-state index contributed by atoms with van der Waals surface area (Å²) >= 11 is 0. The molecule has 2 fully saturated rings. The average molecular weight is 377 g/mol. The number of nitrogens with zero attached hydrogens (tertiary/aromatic N) is 1. The van der Waals surface area contributed by atoms with E-state index in [0.717, 1.165) is 42.6 Å². The molecule has 146 valence electrons. The summed E-state index contributed by atoms with van der Waals surface area (Å²) in [5.41, 5.74) is 5.28. The fourth-order valence-corrected chi connectivity index (χ4v) is 4.81. The second-order valence-electron chi connectivity index (χ2n) is 8.31. The van der Waals surface area contributed by atoms with Crippen molar-refractivity contribution in [3.63, 3.8) is 0 Å². The smallest absolute Gasteiger partial charge is 0.335 e. The van der Waals surface area contributed by atoms with Crippen LogP contribution in [0.15, 0.2) is 42.5 Å². The highest BCUT2D eigenvalue weighted by atomic mass is 16.4. The van der Waals surface area contributed by atoms with Gasteiger partial charge in [-0.3, -0.25) is 4.79 Å². The molecule has 1 N–H and O–H groups in total.